The minimum atomic E-state index is -0.113. The van der Waals surface area contributed by atoms with Gasteiger partial charge in [-0.1, -0.05) is 0 Å². The summed E-state index contributed by atoms with van der Waals surface area (Å²) in [5, 5.41) is 0.609. The molecular formula is C9H17NO2S. The summed E-state index contributed by atoms with van der Waals surface area (Å²) < 4.78 is 4.59. The van der Waals surface area contributed by atoms with Gasteiger partial charge >= 0.3 is 5.97 Å². The number of esters is 1. The van der Waals surface area contributed by atoms with Gasteiger partial charge in [-0.25, -0.2) is 0 Å². The van der Waals surface area contributed by atoms with E-state index < -0.39 is 0 Å². The first-order valence-electron chi connectivity index (χ1n) is 4.59. The van der Waals surface area contributed by atoms with Crippen molar-refractivity contribution >= 4 is 17.7 Å². The van der Waals surface area contributed by atoms with Gasteiger partial charge in [0.1, 0.15) is 0 Å². The molecule has 0 aromatic rings. The molecule has 0 aliphatic carbocycles. The van der Waals surface area contributed by atoms with E-state index >= 15 is 0 Å². The molecule has 0 unspecified atom stereocenters. The van der Waals surface area contributed by atoms with E-state index in [0.29, 0.717) is 11.0 Å². The number of hydrogen-bond donors (Lipinski definition) is 0. The van der Waals surface area contributed by atoms with E-state index in [1.807, 2.05) is 0 Å². The van der Waals surface area contributed by atoms with Crippen molar-refractivity contribution in [3.05, 3.63) is 0 Å². The summed E-state index contributed by atoms with van der Waals surface area (Å²) in [7, 11) is 3.57. The molecule has 0 N–H and O–H groups in total. The van der Waals surface area contributed by atoms with Crippen LogP contribution in [0.3, 0.4) is 0 Å². The Balaban J connectivity index is 2.17. The fraction of sp³-hybridized carbons (Fsp3) is 0.889. The number of carbonyl (C=O) groups excluding carboxylic acids is 1. The Hall–Kier alpha value is -0.220. The Bertz CT molecular complexity index is 175. The van der Waals surface area contributed by atoms with Crippen molar-refractivity contribution in [2.45, 2.75) is 18.1 Å². The second-order valence-electron chi connectivity index (χ2n) is 3.41. The fourth-order valence-corrected chi connectivity index (χ4v) is 2.68. The molecule has 0 radical (unpaired) electrons. The number of methoxy groups -OCH3 is 1. The van der Waals surface area contributed by atoms with Crippen molar-refractivity contribution in [3.8, 4) is 0 Å². The van der Waals surface area contributed by atoms with Crippen LogP contribution in [0.15, 0.2) is 0 Å². The van der Waals surface area contributed by atoms with E-state index in [1.54, 1.807) is 11.8 Å². The van der Waals surface area contributed by atoms with Gasteiger partial charge in [0.05, 0.1) is 12.9 Å². The maximum atomic E-state index is 10.9. The van der Waals surface area contributed by atoms with Crippen LogP contribution in [-0.2, 0) is 9.53 Å². The first-order valence-corrected chi connectivity index (χ1v) is 5.64. The van der Waals surface area contributed by atoms with Crippen LogP contribution in [0.5, 0.6) is 0 Å². The quantitative estimate of drug-likeness (QED) is 0.640. The molecular weight excluding hydrogens is 186 g/mol. The average Bonchev–Trinajstić information content (AvgIpc) is 2.14. The molecule has 0 spiro atoms. The standard InChI is InChI=1S/C9H17NO2S/c1-10-5-3-4-8(6-10)13-7-9(11)12-2/h8H,3-7H2,1-2H3/t8-/m0/s1. The van der Waals surface area contributed by atoms with Crippen LogP contribution in [0.2, 0.25) is 0 Å². The van der Waals surface area contributed by atoms with Gasteiger partial charge in [0.2, 0.25) is 0 Å². The molecule has 1 aliphatic rings. The maximum absolute atomic E-state index is 10.9. The average molecular weight is 203 g/mol. The van der Waals surface area contributed by atoms with E-state index in [9.17, 15) is 4.79 Å². The van der Waals surface area contributed by atoms with Gasteiger partial charge in [-0.2, -0.15) is 0 Å². The fourth-order valence-electron chi connectivity index (χ4n) is 1.50. The number of rotatable bonds is 3. The molecule has 1 saturated heterocycles. The molecule has 0 aromatic carbocycles. The van der Waals surface area contributed by atoms with Gasteiger partial charge in [-0.3, -0.25) is 4.79 Å². The van der Waals surface area contributed by atoms with Gasteiger partial charge in [0.15, 0.2) is 0 Å². The highest BCUT2D eigenvalue weighted by molar-refractivity contribution is 8.00. The summed E-state index contributed by atoms with van der Waals surface area (Å²) in [6.45, 7) is 2.29. The SMILES string of the molecule is COC(=O)CS[C@H]1CCCN(C)C1. The first-order chi connectivity index (χ1) is 6.22. The molecule has 0 amide bonds. The van der Waals surface area contributed by atoms with Gasteiger partial charge in [0, 0.05) is 11.8 Å². The van der Waals surface area contributed by atoms with E-state index in [4.69, 9.17) is 0 Å². The predicted molar refractivity (Wildman–Crippen MR) is 55.0 cm³/mol. The summed E-state index contributed by atoms with van der Waals surface area (Å²) in [5.41, 5.74) is 0. The number of carbonyl (C=O) groups is 1. The third-order valence-electron chi connectivity index (χ3n) is 2.25. The van der Waals surface area contributed by atoms with Crippen molar-refractivity contribution in [1.82, 2.24) is 4.90 Å². The largest absolute Gasteiger partial charge is 0.468 e. The molecule has 1 atom stereocenters. The highest BCUT2D eigenvalue weighted by Crippen LogP contribution is 2.21. The summed E-state index contributed by atoms with van der Waals surface area (Å²) in [6.07, 6.45) is 2.47. The Morgan fingerprint density at radius 2 is 2.46 bits per heavy atom. The first kappa shape index (κ1) is 10.9. The van der Waals surface area contributed by atoms with Crippen LogP contribution < -0.4 is 0 Å². The van der Waals surface area contributed by atoms with E-state index in [0.717, 1.165) is 6.54 Å². The molecule has 0 aromatic heterocycles. The second-order valence-corrected chi connectivity index (χ2v) is 4.70. The number of piperidine rings is 1. The number of likely N-dealkylation sites (tertiary alicyclic amines) is 1. The molecule has 1 rings (SSSR count). The smallest absolute Gasteiger partial charge is 0.315 e. The predicted octanol–water partition coefficient (Wildman–Crippen LogP) is 0.987. The van der Waals surface area contributed by atoms with Gasteiger partial charge in [-0.15, -0.1) is 11.8 Å². The Labute approximate surface area is 83.8 Å². The molecule has 1 aliphatic heterocycles. The number of ether oxygens (including phenoxy) is 1. The van der Waals surface area contributed by atoms with Gasteiger partial charge in [-0.05, 0) is 26.4 Å². The third-order valence-corrected chi connectivity index (χ3v) is 3.50. The zero-order chi connectivity index (χ0) is 9.68. The zero-order valence-electron chi connectivity index (χ0n) is 8.28. The van der Waals surface area contributed by atoms with Crippen molar-refractivity contribution in [2.75, 3.05) is 33.0 Å². The maximum Gasteiger partial charge on any atom is 0.315 e. The Kier molecular flexibility index (Phi) is 4.59. The van der Waals surface area contributed by atoms with Crippen molar-refractivity contribution in [1.29, 1.82) is 0 Å². The molecule has 1 heterocycles. The zero-order valence-corrected chi connectivity index (χ0v) is 9.10. The molecule has 0 saturated carbocycles. The molecule has 3 nitrogen and oxygen atoms in total. The monoisotopic (exact) mass is 203 g/mol. The number of nitrogens with zero attached hydrogens (tertiary/aromatic N) is 1. The normalized spacial score (nSPS) is 24.3. The number of thioether (sulfide) groups is 1. The van der Waals surface area contributed by atoms with E-state index in [2.05, 4.69) is 16.7 Å². The van der Waals surface area contributed by atoms with Crippen LogP contribution in [-0.4, -0.2) is 49.1 Å². The molecule has 1 fully saturated rings. The van der Waals surface area contributed by atoms with Crippen LogP contribution >= 0.6 is 11.8 Å². The topological polar surface area (TPSA) is 29.5 Å². The Morgan fingerprint density at radius 3 is 3.08 bits per heavy atom. The van der Waals surface area contributed by atoms with Crippen molar-refractivity contribution in [2.24, 2.45) is 0 Å². The highest BCUT2D eigenvalue weighted by atomic mass is 32.2. The van der Waals surface area contributed by atoms with Crippen LogP contribution in [0.25, 0.3) is 0 Å². The van der Waals surface area contributed by atoms with Crippen LogP contribution in [0, 0.1) is 0 Å². The van der Waals surface area contributed by atoms with Crippen LogP contribution in [0.4, 0.5) is 0 Å². The lowest BCUT2D eigenvalue weighted by Crippen LogP contribution is -2.34. The highest BCUT2D eigenvalue weighted by Gasteiger charge is 2.18. The van der Waals surface area contributed by atoms with E-state index in [-0.39, 0.29) is 5.97 Å². The Morgan fingerprint density at radius 1 is 1.69 bits per heavy atom. The molecule has 76 valence electrons. The van der Waals surface area contributed by atoms with Crippen LogP contribution in [0.1, 0.15) is 12.8 Å². The van der Waals surface area contributed by atoms with Gasteiger partial charge in [0.25, 0.3) is 0 Å². The summed E-state index contributed by atoms with van der Waals surface area (Å²) >= 11 is 1.72. The lowest BCUT2D eigenvalue weighted by molar-refractivity contribution is -0.137. The third kappa shape index (κ3) is 4.00. The minimum Gasteiger partial charge on any atom is -0.468 e. The number of hydrogen-bond acceptors (Lipinski definition) is 4. The van der Waals surface area contributed by atoms with Crippen molar-refractivity contribution < 1.29 is 9.53 Å². The summed E-state index contributed by atoms with van der Waals surface area (Å²) in [5.74, 6) is 0.382. The van der Waals surface area contributed by atoms with Gasteiger partial charge < -0.3 is 9.64 Å². The summed E-state index contributed by atoms with van der Waals surface area (Å²) in [6, 6.07) is 0. The lowest BCUT2D eigenvalue weighted by atomic mass is 10.1. The molecule has 4 heteroatoms. The van der Waals surface area contributed by atoms with E-state index in [1.165, 1.54) is 26.5 Å². The second kappa shape index (κ2) is 5.50. The minimum absolute atomic E-state index is 0.113. The molecule has 13 heavy (non-hydrogen) atoms. The lowest BCUT2D eigenvalue weighted by Gasteiger charge is -2.28. The van der Waals surface area contributed by atoms with Crippen molar-refractivity contribution in [3.63, 3.8) is 0 Å². The summed E-state index contributed by atoms with van der Waals surface area (Å²) in [4.78, 5) is 13.2. The molecule has 0 bridgehead atoms.